The maximum Gasteiger partial charge on any atom is 0.115 e. The van der Waals surface area contributed by atoms with E-state index in [4.69, 9.17) is 0 Å². The van der Waals surface area contributed by atoms with Gasteiger partial charge < -0.3 is 0 Å². The number of aromatic nitrogens is 2. The van der Waals surface area contributed by atoms with Gasteiger partial charge in [0.15, 0.2) is 0 Å². The topological polar surface area (TPSA) is 29.0 Å². The molecule has 5 rings (SSSR count). The summed E-state index contributed by atoms with van der Waals surface area (Å²) in [6, 6.07) is 2.31. The number of hydrogen-bond donors (Lipinski definition) is 0. The molecule has 2 unspecified atom stereocenters. The summed E-state index contributed by atoms with van der Waals surface area (Å²) in [6.45, 7) is 0. The minimum absolute atomic E-state index is 0.640. The first-order valence-corrected chi connectivity index (χ1v) is 7.98. The maximum atomic E-state index is 4.54. The third kappa shape index (κ3) is 1.60. The van der Waals surface area contributed by atoms with Gasteiger partial charge in [-0.15, -0.1) is 0 Å². The largest absolute Gasteiger partial charge is 0.289 e. The van der Waals surface area contributed by atoms with Gasteiger partial charge in [-0.2, -0.15) is 0 Å². The summed E-state index contributed by atoms with van der Waals surface area (Å²) >= 11 is 0. The van der Waals surface area contributed by atoms with E-state index >= 15 is 0 Å². The highest BCUT2D eigenvalue weighted by molar-refractivity contribution is 5.28. The van der Waals surface area contributed by atoms with Gasteiger partial charge in [0.2, 0.25) is 0 Å². The zero-order chi connectivity index (χ0) is 12.4. The summed E-state index contributed by atoms with van der Waals surface area (Å²) in [4.78, 5) is 11.7. The van der Waals surface area contributed by atoms with Crippen molar-refractivity contribution in [1.29, 1.82) is 0 Å². The predicted octanol–water partition coefficient (Wildman–Crippen LogP) is 2.73. The molecule has 0 amide bonds. The van der Waals surface area contributed by atoms with Gasteiger partial charge in [-0.1, -0.05) is 0 Å². The summed E-state index contributed by atoms with van der Waals surface area (Å²) in [5.74, 6) is 2.03. The fourth-order valence-electron chi connectivity index (χ4n) is 4.66. The van der Waals surface area contributed by atoms with Gasteiger partial charge in [-0.3, -0.25) is 4.90 Å². The molecular formula is C16H21N3. The Morgan fingerprint density at radius 2 is 1.84 bits per heavy atom. The van der Waals surface area contributed by atoms with Crippen LogP contribution in [0, 0.1) is 11.8 Å². The van der Waals surface area contributed by atoms with Crippen LogP contribution in [-0.2, 0) is 6.42 Å². The number of hydrogen-bond acceptors (Lipinski definition) is 3. The van der Waals surface area contributed by atoms with Crippen LogP contribution in [0.4, 0.5) is 0 Å². The molecule has 1 aromatic rings. The fourth-order valence-corrected chi connectivity index (χ4v) is 4.66. The first-order valence-electron chi connectivity index (χ1n) is 7.98. The molecule has 3 nitrogen and oxygen atoms in total. The normalized spacial score (nSPS) is 33.7. The van der Waals surface area contributed by atoms with Gasteiger partial charge in [0.05, 0.1) is 5.69 Å². The smallest absolute Gasteiger partial charge is 0.115 e. The van der Waals surface area contributed by atoms with Crippen molar-refractivity contribution in [3.8, 4) is 0 Å². The zero-order valence-corrected chi connectivity index (χ0v) is 11.3. The van der Waals surface area contributed by atoms with Crippen molar-refractivity contribution in [2.75, 3.05) is 0 Å². The molecule has 1 saturated heterocycles. The third-order valence-corrected chi connectivity index (χ3v) is 5.72. The molecule has 3 heterocycles. The first kappa shape index (κ1) is 10.8. The van der Waals surface area contributed by atoms with Crippen molar-refractivity contribution in [2.24, 2.45) is 11.8 Å². The quantitative estimate of drug-likeness (QED) is 0.831. The van der Waals surface area contributed by atoms with E-state index in [0.717, 1.165) is 23.9 Å². The molecule has 2 aliphatic carbocycles. The lowest BCUT2D eigenvalue weighted by Gasteiger charge is -2.41. The van der Waals surface area contributed by atoms with E-state index in [-0.39, 0.29) is 0 Å². The molecule has 19 heavy (non-hydrogen) atoms. The Morgan fingerprint density at radius 3 is 2.58 bits per heavy atom. The minimum Gasteiger partial charge on any atom is -0.289 e. The van der Waals surface area contributed by atoms with Crippen molar-refractivity contribution in [3.05, 3.63) is 23.8 Å². The number of nitrogens with zero attached hydrogens (tertiary/aromatic N) is 3. The maximum absolute atomic E-state index is 4.54. The Balaban J connectivity index is 1.54. The van der Waals surface area contributed by atoms with E-state index in [1.807, 2.05) is 0 Å². The van der Waals surface area contributed by atoms with Crippen molar-refractivity contribution in [2.45, 2.75) is 63.1 Å². The standard InChI is InChI=1S/C16H21N3/c1-2-10(1)16(11-3-4-11)19-12-5-6-15(19)13-8-17-9-18-14(13)7-12/h8-12,15-16H,1-7H2. The average molecular weight is 255 g/mol. The summed E-state index contributed by atoms with van der Waals surface area (Å²) < 4.78 is 0. The lowest BCUT2D eigenvalue weighted by Crippen LogP contribution is -2.47. The highest BCUT2D eigenvalue weighted by Crippen LogP contribution is 2.54. The molecule has 0 aromatic carbocycles. The van der Waals surface area contributed by atoms with Crippen LogP contribution in [0.5, 0.6) is 0 Å². The lowest BCUT2D eigenvalue weighted by molar-refractivity contribution is 0.0840. The summed E-state index contributed by atoms with van der Waals surface area (Å²) in [5.41, 5.74) is 2.78. The van der Waals surface area contributed by atoms with Crippen LogP contribution in [0.2, 0.25) is 0 Å². The molecule has 3 heteroatoms. The molecule has 2 aliphatic heterocycles. The zero-order valence-electron chi connectivity index (χ0n) is 11.3. The van der Waals surface area contributed by atoms with Crippen molar-refractivity contribution < 1.29 is 0 Å². The van der Waals surface area contributed by atoms with Crippen LogP contribution in [0.1, 0.15) is 55.8 Å². The second-order valence-corrected chi connectivity index (χ2v) is 6.99. The van der Waals surface area contributed by atoms with Crippen LogP contribution in [0.15, 0.2) is 12.5 Å². The van der Waals surface area contributed by atoms with Gasteiger partial charge in [-0.05, 0) is 50.4 Å². The Hall–Kier alpha value is -0.960. The van der Waals surface area contributed by atoms with E-state index in [1.54, 1.807) is 6.33 Å². The summed E-state index contributed by atoms with van der Waals surface area (Å²) in [6.07, 6.45) is 13.6. The van der Waals surface area contributed by atoms with Gasteiger partial charge in [-0.25, -0.2) is 9.97 Å². The molecule has 4 aliphatic rings. The van der Waals surface area contributed by atoms with Crippen molar-refractivity contribution in [1.82, 2.24) is 14.9 Å². The molecule has 0 N–H and O–H groups in total. The van der Waals surface area contributed by atoms with Gasteiger partial charge >= 0.3 is 0 Å². The highest BCUT2D eigenvalue weighted by atomic mass is 15.3. The molecule has 1 aromatic heterocycles. The van der Waals surface area contributed by atoms with Crippen LogP contribution >= 0.6 is 0 Å². The van der Waals surface area contributed by atoms with E-state index in [1.165, 1.54) is 56.2 Å². The number of fused-ring (bicyclic) bond motifs is 4. The van der Waals surface area contributed by atoms with E-state index in [0.29, 0.717) is 6.04 Å². The Morgan fingerprint density at radius 1 is 1.05 bits per heavy atom. The second kappa shape index (κ2) is 3.78. The van der Waals surface area contributed by atoms with Crippen LogP contribution in [0.25, 0.3) is 0 Å². The van der Waals surface area contributed by atoms with Crippen molar-refractivity contribution in [3.63, 3.8) is 0 Å². The second-order valence-electron chi connectivity index (χ2n) is 6.99. The van der Waals surface area contributed by atoms with Gasteiger partial charge in [0.25, 0.3) is 0 Å². The Bertz CT molecular complexity index is 494. The summed E-state index contributed by atoms with van der Waals surface area (Å²) in [5, 5.41) is 0. The molecule has 3 fully saturated rings. The SMILES string of the molecule is c1ncc2c(n1)CC1CCC2N1C(C1CC1)C1CC1. The van der Waals surface area contributed by atoms with Crippen LogP contribution < -0.4 is 0 Å². The van der Waals surface area contributed by atoms with E-state index < -0.39 is 0 Å². The molecule has 2 atom stereocenters. The Labute approximate surface area is 114 Å². The Kier molecular flexibility index (Phi) is 2.15. The molecular weight excluding hydrogens is 234 g/mol. The lowest BCUT2D eigenvalue weighted by atomic mass is 9.93. The van der Waals surface area contributed by atoms with E-state index in [9.17, 15) is 0 Å². The van der Waals surface area contributed by atoms with Crippen LogP contribution in [-0.4, -0.2) is 27.0 Å². The number of rotatable bonds is 3. The van der Waals surface area contributed by atoms with Gasteiger partial charge in [0, 0.05) is 36.3 Å². The molecule has 2 bridgehead atoms. The van der Waals surface area contributed by atoms with Gasteiger partial charge in [0.1, 0.15) is 6.33 Å². The third-order valence-electron chi connectivity index (χ3n) is 5.72. The molecule has 100 valence electrons. The monoisotopic (exact) mass is 255 g/mol. The molecule has 0 radical (unpaired) electrons. The first-order chi connectivity index (χ1) is 9.42. The van der Waals surface area contributed by atoms with Crippen LogP contribution in [0.3, 0.4) is 0 Å². The van der Waals surface area contributed by atoms with Crippen molar-refractivity contribution >= 4 is 0 Å². The van der Waals surface area contributed by atoms with E-state index in [2.05, 4.69) is 21.1 Å². The minimum atomic E-state index is 0.640. The predicted molar refractivity (Wildman–Crippen MR) is 72.6 cm³/mol. The molecule has 2 saturated carbocycles. The fraction of sp³-hybridized carbons (Fsp3) is 0.750. The summed E-state index contributed by atoms with van der Waals surface area (Å²) in [7, 11) is 0. The highest BCUT2D eigenvalue weighted by Gasteiger charge is 2.52. The molecule has 0 spiro atoms. The average Bonchev–Trinajstić information content (AvgIpc) is 3.32.